The van der Waals surface area contributed by atoms with Gasteiger partial charge in [-0.05, 0) is 30.7 Å². The molecule has 0 radical (unpaired) electrons. The monoisotopic (exact) mass is 476 g/mol. The van der Waals surface area contributed by atoms with Crippen LogP contribution in [0.1, 0.15) is 26.7 Å². The van der Waals surface area contributed by atoms with Crippen LogP contribution in [0.15, 0.2) is 70.5 Å². The topological polar surface area (TPSA) is 91.8 Å². The molecule has 4 rings (SSSR count). The number of hydrogen-bond acceptors (Lipinski definition) is 5. The van der Waals surface area contributed by atoms with Gasteiger partial charge in [0, 0.05) is 26.2 Å². The highest BCUT2D eigenvalue weighted by molar-refractivity contribution is 7.89. The van der Waals surface area contributed by atoms with Crippen LogP contribution in [0.5, 0.6) is 0 Å². The molecule has 0 amide bonds. The number of carbonyl (C=O) groups is 1. The molecule has 2 heterocycles. The minimum absolute atomic E-state index is 0.0205. The van der Waals surface area contributed by atoms with Crippen molar-refractivity contribution in [3.05, 3.63) is 60.7 Å². The number of ketones is 1. The Bertz CT molecular complexity index is 1130. The summed E-state index contributed by atoms with van der Waals surface area (Å²) in [5, 5.41) is 0. The molecule has 0 saturated carbocycles. The van der Waals surface area contributed by atoms with E-state index >= 15 is 0 Å². The maximum atomic E-state index is 13.6. The van der Waals surface area contributed by atoms with E-state index in [1.807, 2.05) is 6.92 Å². The first-order chi connectivity index (χ1) is 15.1. The highest BCUT2D eigenvalue weighted by Gasteiger charge is 2.61. The van der Waals surface area contributed by atoms with Crippen LogP contribution in [0.25, 0.3) is 0 Å². The van der Waals surface area contributed by atoms with E-state index in [1.54, 1.807) is 67.6 Å². The average Bonchev–Trinajstić information content (AvgIpc) is 2.77. The standard InChI is InChI=1S/C23H28N2O5S2/c1-3-14-23-17-24(31(27,28)19-10-6-4-7-11-19)15-22(2,21(23)26)16-25(18-23)32(29,30)20-12-8-5-9-13-20/h4-13H,3,14-18H2,1-2H3. The Balaban J connectivity index is 1.76. The number of carbonyl (C=O) groups excluding carboxylic acids is 1. The molecule has 2 aromatic carbocycles. The smallest absolute Gasteiger partial charge is 0.243 e. The van der Waals surface area contributed by atoms with E-state index in [9.17, 15) is 21.6 Å². The number of fused-ring (bicyclic) bond motifs is 2. The van der Waals surface area contributed by atoms with Gasteiger partial charge >= 0.3 is 0 Å². The van der Waals surface area contributed by atoms with Crippen molar-refractivity contribution in [2.75, 3.05) is 26.2 Å². The summed E-state index contributed by atoms with van der Waals surface area (Å²) in [5.41, 5.74) is -2.21. The van der Waals surface area contributed by atoms with Crippen molar-refractivity contribution < 1.29 is 21.6 Å². The number of benzene rings is 2. The normalized spacial score (nSPS) is 27.4. The van der Waals surface area contributed by atoms with Crippen LogP contribution in [0.2, 0.25) is 0 Å². The Morgan fingerprint density at radius 3 is 1.53 bits per heavy atom. The molecular weight excluding hydrogens is 448 g/mol. The van der Waals surface area contributed by atoms with Crippen LogP contribution in [0.4, 0.5) is 0 Å². The number of sulfonamides is 2. The van der Waals surface area contributed by atoms with Crippen molar-refractivity contribution in [1.82, 2.24) is 8.61 Å². The molecule has 0 unspecified atom stereocenters. The van der Waals surface area contributed by atoms with Crippen molar-refractivity contribution in [2.24, 2.45) is 10.8 Å². The van der Waals surface area contributed by atoms with Crippen LogP contribution in [-0.2, 0) is 24.8 Å². The van der Waals surface area contributed by atoms with Crippen LogP contribution >= 0.6 is 0 Å². The number of piperidine rings is 2. The van der Waals surface area contributed by atoms with Gasteiger partial charge in [0.05, 0.1) is 20.6 Å². The van der Waals surface area contributed by atoms with Crippen molar-refractivity contribution in [1.29, 1.82) is 0 Å². The van der Waals surface area contributed by atoms with Crippen molar-refractivity contribution in [2.45, 2.75) is 36.5 Å². The molecule has 2 saturated heterocycles. The number of rotatable bonds is 6. The van der Waals surface area contributed by atoms with E-state index in [-0.39, 0.29) is 41.8 Å². The van der Waals surface area contributed by atoms with Gasteiger partial charge < -0.3 is 0 Å². The third-order valence-electron chi connectivity index (χ3n) is 6.53. The fourth-order valence-corrected chi connectivity index (χ4v) is 8.51. The van der Waals surface area contributed by atoms with E-state index in [4.69, 9.17) is 0 Å². The van der Waals surface area contributed by atoms with Gasteiger partial charge in [0.1, 0.15) is 5.78 Å². The second kappa shape index (κ2) is 8.06. The Morgan fingerprint density at radius 1 is 0.750 bits per heavy atom. The largest absolute Gasteiger partial charge is 0.298 e. The molecule has 2 bridgehead atoms. The second-order valence-electron chi connectivity index (χ2n) is 9.09. The van der Waals surface area contributed by atoms with E-state index < -0.39 is 30.9 Å². The zero-order valence-corrected chi connectivity index (χ0v) is 19.9. The lowest BCUT2D eigenvalue weighted by atomic mass is 9.63. The second-order valence-corrected chi connectivity index (χ2v) is 13.0. The Hall–Kier alpha value is -2.07. The highest BCUT2D eigenvalue weighted by Crippen LogP contribution is 2.47. The summed E-state index contributed by atoms with van der Waals surface area (Å²) >= 11 is 0. The molecule has 0 aromatic heterocycles. The maximum Gasteiger partial charge on any atom is 0.243 e. The van der Waals surface area contributed by atoms with Gasteiger partial charge in [-0.15, -0.1) is 0 Å². The van der Waals surface area contributed by atoms with Gasteiger partial charge in [-0.25, -0.2) is 16.8 Å². The molecule has 2 aromatic rings. The Labute approximate surface area is 190 Å². The van der Waals surface area contributed by atoms with Crippen LogP contribution in [-0.4, -0.2) is 57.4 Å². The van der Waals surface area contributed by atoms with Gasteiger partial charge in [0.25, 0.3) is 0 Å². The molecule has 32 heavy (non-hydrogen) atoms. The third-order valence-corrected chi connectivity index (χ3v) is 10.1. The summed E-state index contributed by atoms with van der Waals surface area (Å²) in [4.78, 5) is 14.0. The molecule has 2 aliphatic heterocycles. The fourth-order valence-electron chi connectivity index (χ4n) is 5.17. The Morgan fingerprint density at radius 2 is 1.16 bits per heavy atom. The SMILES string of the molecule is CCCC12CN(S(=O)(=O)c3ccccc3)CC(C)(CN(S(=O)(=O)c3ccccc3)C1)C2=O. The zero-order valence-electron chi connectivity index (χ0n) is 18.3. The molecular formula is C23H28N2O5S2. The molecule has 0 N–H and O–H groups in total. The lowest BCUT2D eigenvalue weighted by Crippen LogP contribution is -2.70. The lowest BCUT2D eigenvalue weighted by Gasteiger charge is -2.55. The summed E-state index contributed by atoms with van der Waals surface area (Å²) in [6.45, 7) is 3.49. The summed E-state index contributed by atoms with van der Waals surface area (Å²) in [7, 11) is -7.63. The summed E-state index contributed by atoms with van der Waals surface area (Å²) in [5.74, 6) is -0.0362. The van der Waals surface area contributed by atoms with E-state index in [0.717, 1.165) is 0 Å². The molecule has 2 fully saturated rings. The molecule has 9 heteroatoms. The van der Waals surface area contributed by atoms with Crippen LogP contribution in [0, 0.1) is 10.8 Å². The van der Waals surface area contributed by atoms with Gasteiger partial charge in [-0.1, -0.05) is 56.7 Å². The van der Waals surface area contributed by atoms with Crippen molar-refractivity contribution in [3.8, 4) is 0 Å². The number of nitrogens with zero attached hydrogens (tertiary/aromatic N) is 2. The van der Waals surface area contributed by atoms with E-state index in [2.05, 4.69) is 0 Å². The minimum atomic E-state index is -3.81. The van der Waals surface area contributed by atoms with Gasteiger partial charge in [-0.2, -0.15) is 8.61 Å². The highest BCUT2D eigenvalue weighted by atomic mass is 32.2. The summed E-state index contributed by atoms with van der Waals surface area (Å²) < 4.78 is 56.3. The predicted molar refractivity (Wildman–Crippen MR) is 121 cm³/mol. The summed E-state index contributed by atoms with van der Waals surface area (Å²) in [6, 6.07) is 16.3. The molecule has 2 aliphatic rings. The molecule has 172 valence electrons. The molecule has 0 atom stereocenters. The summed E-state index contributed by atoms with van der Waals surface area (Å²) in [6.07, 6.45) is 1.06. The minimum Gasteiger partial charge on any atom is -0.298 e. The fraction of sp³-hybridized carbons (Fsp3) is 0.435. The first kappa shape index (κ1) is 23.1. The first-order valence-electron chi connectivity index (χ1n) is 10.7. The number of hydrogen-bond donors (Lipinski definition) is 0. The molecule has 7 nitrogen and oxygen atoms in total. The molecule has 0 spiro atoms. The average molecular weight is 477 g/mol. The van der Waals surface area contributed by atoms with Gasteiger partial charge in [0.2, 0.25) is 20.0 Å². The quantitative estimate of drug-likeness (QED) is 0.639. The maximum absolute atomic E-state index is 13.6. The van der Waals surface area contributed by atoms with Gasteiger partial charge in [0.15, 0.2) is 0 Å². The van der Waals surface area contributed by atoms with Crippen molar-refractivity contribution >= 4 is 25.8 Å². The van der Waals surface area contributed by atoms with Crippen LogP contribution < -0.4 is 0 Å². The zero-order chi connectivity index (χ0) is 23.2. The lowest BCUT2D eigenvalue weighted by molar-refractivity contribution is -0.152. The van der Waals surface area contributed by atoms with Crippen molar-refractivity contribution in [3.63, 3.8) is 0 Å². The number of Topliss-reactive ketones (excluding diaryl/α,β-unsaturated/α-hetero) is 1. The Kier molecular flexibility index (Phi) is 5.82. The molecule has 0 aliphatic carbocycles. The first-order valence-corrected chi connectivity index (χ1v) is 13.6. The third kappa shape index (κ3) is 3.71. The van der Waals surface area contributed by atoms with E-state index in [1.165, 1.54) is 8.61 Å². The van der Waals surface area contributed by atoms with Crippen LogP contribution in [0.3, 0.4) is 0 Å². The van der Waals surface area contributed by atoms with E-state index in [0.29, 0.717) is 12.8 Å². The van der Waals surface area contributed by atoms with Gasteiger partial charge in [-0.3, -0.25) is 4.79 Å². The predicted octanol–water partition coefficient (Wildman–Crippen LogP) is 2.76.